The number of nitrogens with zero attached hydrogens (tertiary/aromatic N) is 2. The van der Waals surface area contributed by atoms with Gasteiger partial charge >= 0.3 is 5.88 Å². The quantitative estimate of drug-likeness (QED) is 0.274. The summed E-state index contributed by atoms with van der Waals surface area (Å²) in [5.74, 6) is 0.658. The smallest absolute Gasteiger partial charge is 0.433 e. The van der Waals surface area contributed by atoms with Crippen molar-refractivity contribution in [2.24, 2.45) is 0 Å². The van der Waals surface area contributed by atoms with Gasteiger partial charge in [-0.3, -0.25) is 10.1 Å². The maximum absolute atomic E-state index is 10.8. The summed E-state index contributed by atoms with van der Waals surface area (Å²) in [6.07, 6.45) is 5.38. The molecule has 0 atom stereocenters. The van der Waals surface area contributed by atoms with Crippen LogP contribution in [-0.2, 0) is 0 Å². The van der Waals surface area contributed by atoms with Gasteiger partial charge in [-0.15, -0.1) is 10.2 Å². The first kappa shape index (κ1) is 20.8. The molecular weight excluding hydrogens is 452 g/mol. The predicted molar refractivity (Wildman–Crippen MR) is 81.7 cm³/mol. The minimum atomic E-state index is -4.94. The second kappa shape index (κ2) is 8.90. The number of hydrogen-bond donors (Lipinski definition) is 0. The lowest BCUT2D eigenvalue weighted by molar-refractivity contribution is -2.00. The molecule has 0 aromatic carbocycles. The van der Waals surface area contributed by atoms with Crippen molar-refractivity contribution in [3.63, 3.8) is 0 Å². The molecule has 3 rings (SSSR count). The molecule has 27 heavy (non-hydrogen) atoms. The van der Waals surface area contributed by atoms with Crippen LogP contribution in [0.2, 0.25) is 0 Å². The van der Waals surface area contributed by atoms with E-state index in [1.54, 1.807) is 28.8 Å². The van der Waals surface area contributed by atoms with Crippen molar-refractivity contribution in [2.75, 3.05) is 0 Å². The largest absolute Gasteiger partial charge is 0.450 e. The number of halogens is 2. The summed E-state index contributed by atoms with van der Waals surface area (Å²) < 4.78 is 47.1. The van der Waals surface area contributed by atoms with E-state index in [1.165, 1.54) is 6.07 Å². The van der Waals surface area contributed by atoms with E-state index in [0.29, 0.717) is 21.9 Å². The molecule has 0 amide bonds. The Labute approximate surface area is 162 Å². The van der Waals surface area contributed by atoms with Crippen molar-refractivity contribution >= 4 is 33.6 Å². The van der Waals surface area contributed by atoms with Crippen LogP contribution in [0.3, 0.4) is 0 Å². The summed E-state index contributed by atoms with van der Waals surface area (Å²) in [5, 5.41) is 10.8. The van der Waals surface area contributed by atoms with Crippen LogP contribution in [0.25, 0.3) is 11.8 Å². The zero-order valence-electron chi connectivity index (χ0n) is 13.2. The molecule has 0 unspecified atom stereocenters. The van der Waals surface area contributed by atoms with E-state index in [1.807, 2.05) is 30.6 Å². The minimum absolute atomic E-state index is 0.307. The molecule has 0 fully saturated rings. The summed E-state index contributed by atoms with van der Waals surface area (Å²) in [4.78, 5) is 10.2. The summed E-state index contributed by atoms with van der Waals surface area (Å²) in [5.41, 5.74) is 0.621. The Balaban J connectivity index is 0.000000465. The number of rotatable bonds is 4. The average Bonchev–Trinajstić information content (AvgIpc) is 3.21. The summed E-state index contributed by atoms with van der Waals surface area (Å²) in [7, 11) is -4.94. The van der Waals surface area contributed by atoms with E-state index in [-0.39, 0.29) is 5.88 Å². The van der Waals surface area contributed by atoms with Gasteiger partial charge in [-0.2, -0.15) is 4.57 Å². The van der Waals surface area contributed by atoms with Gasteiger partial charge in [0.2, 0.25) is 5.76 Å². The Bertz CT molecular complexity index is 927. The highest BCUT2D eigenvalue weighted by Crippen LogP contribution is 2.24. The average molecular weight is 462 g/mol. The molecule has 0 aliphatic heterocycles. The van der Waals surface area contributed by atoms with Crippen molar-refractivity contribution in [1.82, 2.24) is 0 Å². The molecule has 0 aliphatic carbocycles. The summed E-state index contributed by atoms with van der Waals surface area (Å²) >= 11 is 3.24. The van der Waals surface area contributed by atoms with Crippen LogP contribution in [0.1, 0.15) is 11.5 Å². The van der Waals surface area contributed by atoms with Crippen molar-refractivity contribution < 1.29 is 47.2 Å². The Hall–Kier alpha value is -2.54. The van der Waals surface area contributed by atoms with Gasteiger partial charge < -0.3 is 8.83 Å². The van der Waals surface area contributed by atoms with Gasteiger partial charge in [-0.05, 0) is 34.1 Å². The van der Waals surface area contributed by atoms with Crippen LogP contribution >= 0.6 is 15.9 Å². The zero-order chi connectivity index (χ0) is 20.0. The van der Waals surface area contributed by atoms with Crippen molar-refractivity contribution in [3.8, 4) is 0 Å². The molecule has 0 radical (unpaired) electrons. The first-order chi connectivity index (χ1) is 12.6. The van der Waals surface area contributed by atoms with E-state index in [9.17, 15) is 10.1 Å². The lowest BCUT2D eigenvalue weighted by atomic mass is 10.2. The van der Waals surface area contributed by atoms with E-state index >= 15 is 0 Å². The topological polar surface area (TPSA) is 166 Å². The third-order valence-corrected chi connectivity index (χ3v) is 3.32. The summed E-state index contributed by atoms with van der Waals surface area (Å²) in [6.45, 7) is 0. The number of furan rings is 2. The highest BCUT2D eigenvalue weighted by Gasteiger charge is 2.21. The zero-order valence-corrected chi connectivity index (χ0v) is 15.5. The number of hydrogen-bond acceptors (Lipinski definition) is 8. The number of nitro groups is 1. The molecule has 3 aromatic heterocycles. The lowest BCUT2D eigenvalue weighted by Gasteiger charge is -2.17. The Morgan fingerprint density at radius 3 is 2.15 bits per heavy atom. The maximum Gasteiger partial charge on any atom is 0.433 e. The van der Waals surface area contributed by atoms with Crippen molar-refractivity contribution in [2.45, 2.75) is 0 Å². The minimum Gasteiger partial charge on any atom is -0.450 e. The van der Waals surface area contributed by atoms with Gasteiger partial charge in [0.15, 0.2) is 17.1 Å². The van der Waals surface area contributed by atoms with Crippen LogP contribution in [0.15, 0.2) is 68.4 Å². The van der Waals surface area contributed by atoms with Crippen molar-refractivity contribution in [3.05, 3.63) is 81.2 Å². The molecule has 0 saturated carbocycles. The fourth-order valence-corrected chi connectivity index (χ4v) is 2.26. The number of pyridine rings is 1. The Kier molecular flexibility index (Phi) is 6.85. The second-order valence-corrected chi connectivity index (χ2v) is 6.26. The monoisotopic (exact) mass is 460 g/mol. The molecule has 0 bridgehead atoms. The molecule has 0 N–H and O–H groups in total. The van der Waals surface area contributed by atoms with E-state index in [2.05, 4.69) is 15.9 Å². The third kappa shape index (κ3) is 6.94. The lowest BCUT2D eigenvalue weighted by Crippen LogP contribution is -2.68. The first-order valence-electron chi connectivity index (χ1n) is 6.93. The van der Waals surface area contributed by atoms with Gasteiger partial charge in [0.05, 0.1) is 12.1 Å². The Morgan fingerprint density at radius 2 is 1.67 bits per heavy atom. The molecule has 12 heteroatoms. The highest BCUT2D eigenvalue weighted by molar-refractivity contribution is 9.10. The molecule has 0 spiro atoms. The SMILES string of the molecule is O=[N+]([O-])c1ccc(/C(=C/c2ccc(Br)o2)[n+]2ccccc2)o1.[O-][Cl+3]([O-])([O-])[O-]. The normalized spacial score (nSPS) is 11.7. The van der Waals surface area contributed by atoms with E-state index in [4.69, 9.17) is 27.5 Å². The highest BCUT2D eigenvalue weighted by atomic mass is 79.9. The second-order valence-electron chi connectivity index (χ2n) is 4.73. The predicted octanol–water partition coefficient (Wildman–Crippen LogP) is -0.879. The van der Waals surface area contributed by atoms with Gasteiger partial charge in [0.25, 0.3) is 5.70 Å². The fraction of sp³-hybridized carbons (Fsp3) is 0. The van der Waals surface area contributed by atoms with E-state index in [0.717, 1.165) is 0 Å². The van der Waals surface area contributed by atoms with Gasteiger partial charge in [0.1, 0.15) is 10.7 Å². The molecule has 0 aliphatic rings. The van der Waals surface area contributed by atoms with Crippen LogP contribution in [-0.4, -0.2) is 4.92 Å². The van der Waals surface area contributed by atoms with Gasteiger partial charge in [-0.25, -0.2) is 18.6 Å². The maximum atomic E-state index is 10.8. The molecule has 10 nitrogen and oxygen atoms in total. The number of aromatic nitrogens is 1. The standard InChI is InChI=1S/C15H10BrN2O4.ClHO4/c16-14-6-4-11(21-14)10-12(17-8-2-1-3-9-17)13-5-7-15(22-13)18(19)20;2-1(3,4)5/h1-10H;(H,2,3,4,5)/q+1;/p-1/b12-10-;. The summed E-state index contributed by atoms with van der Waals surface area (Å²) in [6, 6.07) is 12.0. The molecule has 0 saturated heterocycles. The van der Waals surface area contributed by atoms with Crippen LogP contribution < -0.4 is 23.2 Å². The Morgan fingerprint density at radius 1 is 1.04 bits per heavy atom. The van der Waals surface area contributed by atoms with Crippen LogP contribution in [0.4, 0.5) is 5.88 Å². The van der Waals surface area contributed by atoms with Gasteiger partial charge in [-0.1, -0.05) is 6.07 Å². The molecule has 142 valence electrons. The fourth-order valence-electron chi connectivity index (χ4n) is 1.94. The van der Waals surface area contributed by atoms with E-state index < -0.39 is 15.2 Å². The third-order valence-electron chi connectivity index (χ3n) is 2.89. The van der Waals surface area contributed by atoms with Crippen LogP contribution in [0, 0.1) is 20.4 Å². The van der Waals surface area contributed by atoms with Gasteiger partial charge in [0, 0.05) is 12.1 Å². The molecule has 3 heterocycles. The molecular formula is C15H10BrClN2O8. The van der Waals surface area contributed by atoms with Crippen LogP contribution in [0.5, 0.6) is 0 Å². The molecule has 3 aromatic rings. The van der Waals surface area contributed by atoms with Crippen molar-refractivity contribution in [1.29, 1.82) is 0 Å². The first-order valence-corrected chi connectivity index (χ1v) is 8.96.